The second-order valence-corrected chi connectivity index (χ2v) is 9.37. The average molecular weight is 442 g/mol. The van der Waals surface area contributed by atoms with Gasteiger partial charge in [-0.15, -0.1) is 0 Å². The van der Waals surface area contributed by atoms with E-state index in [0.717, 1.165) is 50.6 Å². The lowest BCUT2D eigenvalue weighted by Gasteiger charge is -2.35. The van der Waals surface area contributed by atoms with Gasteiger partial charge in [-0.2, -0.15) is 0 Å². The maximum Gasteiger partial charge on any atom is 0.120 e. The maximum atomic E-state index is 10.8. The molecule has 0 aromatic heterocycles. The molecule has 0 spiro atoms. The number of aryl methyl sites for hydroxylation is 1. The SMILES string of the molecule is C=C(/C=C\C(=C/C)N1CCC(CC=O)CC1)[C@@H]1c2ccc(O)cc2CC[C@@H]1c1ccccc1. The molecule has 0 radical (unpaired) electrons. The first-order chi connectivity index (χ1) is 16.1. The lowest BCUT2D eigenvalue weighted by molar-refractivity contribution is -0.108. The number of rotatable bonds is 7. The standard InChI is InChI=1S/C30H35NO2/c1-3-26(31-18-15-23(16-19-31)17-20-32)11-9-22(2)30-28(24-7-5-4-6-8-24)13-10-25-21-27(33)12-14-29(25)30/h3-9,11-12,14,20-21,23,28,30,33H,2,10,13,15-19H2,1H3/b11-9-,26-3+/t28-,30+/m1/s1. The number of benzene rings is 2. The fraction of sp³-hybridized carbons (Fsp3) is 0.367. The van der Waals surface area contributed by atoms with Gasteiger partial charge in [0.25, 0.3) is 0 Å². The van der Waals surface area contributed by atoms with Gasteiger partial charge in [-0.1, -0.05) is 55.1 Å². The minimum Gasteiger partial charge on any atom is -0.508 e. The molecule has 2 atom stereocenters. The number of aromatic hydroxyl groups is 1. The second-order valence-electron chi connectivity index (χ2n) is 9.37. The number of carbonyl (C=O) groups excluding carboxylic acids is 1. The Kier molecular flexibility index (Phi) is 7.49. The summed E-state index contributed by atoms with van der Waals surface area (Å²) < 4.78 is 0. The number of hydrogen-bond donors (Lipinski definition) is 1. The molecule has 172 valence electrons. The van der Waals surface area contributed by atoms with Crippen LogP contribution in [0.2, 0.25) is 0 Å². The quantitative estimate of drug-likeness (QED) is 0.393. The third-order valence-electron chi connectivity index (χ3n) is 7.39. The molecule has 2 aliphatic rings. The molecule has 1 fully saturated rings. The average Bonchev–Trinajstić information content (AvgIpc) is 2.85. The topological polar surface area (TPSA) is 40.5 Å². The predicted molar refractivity (Wildman–Crippen MR) is 135 cm³/mol. The van der Waals surface area contributed by atoms with Gasteiger partial charge in [0.2, 0.25) is 0 Å². The minimum atomic E-state index is 0.185. The van der Waals surface area contributed by atoms with E-state index >= 15 is 0 Å². The van der Waals surface area contributed by atoms with Gasteiger partial charge in [0.1, 0.15) is 12.0 Å². The molecule has 3 nitrogen and oxygen atoms in total. The van der Waals surface area contributed by atoms with Gasteiger partial charge in [0, 0.05) is 31.1 Å². The first-order valence-corrected chi connectivity index (χ1v) is 12.2. The van der Waals surface area contributed by atoms with Crippen molar-refractivity contribution in [1.29, 1.82) is 0 Å². The lowest BCUT2D eigenvalue weighted by atomic mass is 9.69. The van der Waals surface area contributed by atoms with E-state index in [1.54, 1.807) is 6.07 Å². The number of allylic oxidation sites excluding steroid dienone is 4. The monoisotopic (exact) mass is 441 g/mol. The number of nitrogens with zero attached hydrogens (tertiary/aromatic N) is 1. The van der Waals surface area contributed by atoms with Crippen molar-refractivity contribution in [3.05, 3.63) is 101 Å². The largest absolute Gasteiger partial charge is 0.508 e. The van der Waals surface area contributed by atoms with Crippen molar-refractivity contribution in [1.82, 2.24) is 4.90 Å². The van der Waals surface area contributed by atoms with E-state index in [1.165, 1.54) is 22.4 Å². The first-order valence-electron chi connectivity index (χ1n) is 12.2. The van der Waals surface area contributed by atoms with Crippen LogP contribution in [0.5, 0.6) is 5.75 Å². The molecule has 3 heteroatoms. The second kappa shape index (κ2) is 10.7. The number of hydrogen-bond acceptors (Lipinski definition) is 3. The zero-order chi connectivity index (χ0) is 23.2. The lowest BCUT2D eigenvalue weighted by Crippen LogP contribution is -2.32. The van der Waals surface area contributed by atoms with Gasteiger partial charge in [-0.25, -0.2) is 0 Å². The van der Waals surface area contributed by atoms with E-state index in [0.29, 0.717) is 24.0 Å². The highest BCUT2D eigenvalue weighted by Crippen LogP contribution is 2.47. The summed E-state index contributed by atoms with van der Waals surface area (Å²) in [5.74, 6) is 1.41. The van der Waals surface area contributed by atoms with Crippen molar-refractivity contribution in [2.24, 2.45) is 5.92 Å². The molecule has 4 rings (SSSR count). The Bertz CT molecular complexity index is 1030. The van der Waals surface area contributed by atoms with Crippen molar-refractivity contribution in [3.63, 3.8) is 0 Å². The summed E-state index contributed by atoms with van der Waals surface area (Å²) in [6.07, 6.45) is 12.5. The number of phenols is 1. The smallest absolute Gasteiger partial charge is 0.120 e. The molecule has 1 saturated heterocycles. The van der Waals surface area contributed by atoms with Crippen molar-refractivity contribution in [2.45, 2.75) is 50.9 Å². The Balaban J connectivity index is 1.56. The van der Waals surface area contributed by atoms with E-state index < -0.39 is 0 Å². The molecule has 1 heterocycles. The van der Waals surface area contributed by atoms with Gasteiger partial charge < -0.3 is 14.8 Å². The van der Waals surface area contributed by atoms with Crippen LogP contribution in [0.4, 0.5) is 0 Å². The molecule has 0 amide bonds. The van der Waals surface area contributed by atoms with Crippen LogP contribution in [-0.4, -0.2) is 29.4 Å². The number of carbonyl (C=O) groups is 1. The van der Waals surface area contributed by atoms with Crippen molar-refractivity contribution in [2.75, 3.05) is 13.1 Å². The number of likely N-dealkylation sites (tertiary alicyclic amines) is 1. The van der Waals surface area contributed by atoms with E-state index in [2.05, 4.69) is 73.0 Å². The summed E-state index contributed by atoms with van der Waals surface area (Å²) in [4.78, 5) is 13.3. The van der Waals surface area contributed by atoms with Crippen LogP contribution >= 0.6 is 0 Å². The number of aldehydes is 1. The van der Waals surface area contributed by atoms with E-state index in [-0.39, 0.29) is 5.92 Å². The molecule has 0 saturated carbocycles. The van der Waals surface area contributed by atoms with Gasteiger partial charge in [-0.3, -0.25) is 0 Å². The molecule has 1 N–H and O–H groups in total. The van der Waals surface area contributed by atoms with Crippen LogP contribution < -0.4 is 0 Å². The highest BCUT2D eigenvalue weighted by molar-refractivity contribution is 5.50. The zero-order valence-corrected chi connectivity index (χ0v) is 19.6. The highest BCUT2D eigenvalue weighted by atomic mass is 16.3. The Morgan fingerprint density at radius 1 is 1.09 bits per heavy atom. The van der Waals surface area contributed by atoms with Gasteiger partial charge in [-0.05, 0) is 84.9 Å². The Hall–Kier alpha value is -3.07. The molecule has 0 bridgehead atoms. The number of piperidine rings is 1. The molecule has 1 aliphatic heterocycles. The van der Waals surface area contributed by atoms with E-state index in [1.807, 2.05) is 6.07 Å². The molecule has 2 aromatic carbocycles. The van der Waals surface area contributed by atoms with Gasteiger partial charge >= 0.3 is 0 Å². The Morgan fingerprint density at radius 2 is 1.85 bits per heavy atom. The third kappa shape index (κ3) is 5.30. The molecule has 33 heavy (non-hydrogen) atoms. The van der Waals surface area contributed by atoms with Crippen LogP contribution in [0.3, 0.4) is 0 Å². The fourth-order valence-electron chi connectivity index (χ4n) is 5.57. The summed E-state index contributed by atoms with van der Waals surface area (Å²) in [7, 11) is 0. The summed E-state index contributed by atoms with van der Waals surface area (Å²) in [5, 5.41) is 10.0. The molecule has 0 unspecified atom stereocenters. The van der Waals surface area contributed by atoms with Crippen LogP contribution in [0.1, 0.15) is 61.1 Å². The molecular weight excluding hydrogens is 406 g/mol. The predicted octanol–water partition coefficient (Wildman–Crippen LogP) is 6.52. The summed E-state index contributed by atoms with van der Waals surface area (Å²) >= 11 is 0. The van der Waals surface area contributed by atoms with Crippen molar-refractivity contribution in [3.8, 4) is 5.75 Å². The summed E-state index contributed by atoms with van der Waals surface area (Å²) in [5.41, 5.74) is 6.17. The van der Waals surface area contributed by atoms with Crippen LogP contribution in [0.25, 0.3) is 0 Å². The fourth-order valence-corrected chi connectivity index (χ4v) is 5.57. The van der Waals surface area contributed by atoms with Gasteiger partial charge in [0.15, 0.2) is 0 Å². The molecule has 2 aromatic rings. The minimum absolute atomic E-state index is 0.185. The number of fused-ring (bicyclic) bond motifs is 1. The Labute approximate surface area is 198 Å². The normalized spacial score (nSPS) is 21.7. The maximum absolute atomic E-state index is 10.8. The summed E-state index contributed by atoms with van der Waals surface area (Å²) in [6, 6.07) is 16.5. The Morgan fingerprint density at radius 3 is 2.55 bits per heavy atom. The third-order valence-corrected chi connectivity index (χ3v) is 7.39. The van der Waals surface area contributed by atoms with Crippen LogP contribution in [0.15, 0.2) is 84.6 Å². The number of phenolic OH excluding ortho intramolecular Hbond substituents is 1. The highest BCUT2D eigenvalue weighted by Gasteiger charge is 2.32. The van der Waals surface area contributed by atoms with Crippen LogP contribution in [0, 0.1) is 5.92 Å². The molecular formula is C30H35NO2. The van der Waals surface area contributed by atoms with Crippen molar-refractivity contribution < 1.29 is 9.90 Å². The van der Waals surface area contributed by atoms with Crippen LogP contribution in [-0.2, 0) is 11.2 Å². The first kappa shape index (κ1) is 23.1. The summed E-state index contributed by atoms with van der Waals surface area (Å²) in [6.45, 7) is 8.60. The zero-order valence-electron chi connectivity index (χ0n) is 19.6. The van der Waals surface area contributed by atoms with E-state index in [9.17, 15) is 9.90 Å². The van der Waals surface area contributed by atoms with Crippen molar-refractivity contribution >= 4 is 6.29 Å². The van der Waals surface area contributed by atoms with Gasteiger partial charge in [0.05, 0.1) is 0 Å². The van der Waals surface area contributed by atoms with E-state index in [4.69, 9.17) is 0 Å². The molecule has 1 aliphatic carbocycles.